The first-order chi connectivity index (χ1) is 8.69. The second kappa shape index (κ2) is 6.03. The molecule has 2 aromatic rings. The molecule has 0 bridgehead atoms. The fraction of sp³-hybridized carbons (Fsp3) is 0.0714. The van der Waals surface area contributed by atoms with Gasteiger partial charge in [-0.2, -0.15) is 5.26 Å². The van der Waals surface area contributed by atoms with E-state index in [4.69, 9.17) is 5.26 Å². The van der Waals surface area contributed by atoms with Crippen LogP contribution in [-0.2, 0) is 5.75 Å². The van der Waals surface area contributed by atoms with Gasteiger partial charge in [-0.1, -0.05) is 22.0 Å². The summed E-state index contributed by atoms with van der Waals surface area (Å²) in [5.41, 5.74) is 1.05. The van der Waals surface area contributed by atoms with Crippen molar-refractivity contribution in [2.24, 2.45) is 0 Å². The first kappa shape index (κ1) is 13.1. The van der Waals surface area contributed by atoms with Crippen molar-refractivity contribution < 1.29 is 4.39 Å². The van der Waals surface area contributed by atoms with Gasteiger partial charge in [-0.3, -0.25) is 0 Å². The minimum absolute atomic E-state index is 0.101. The summed E-state index contributed by atoms with van der Waals surface area (Å²) in [6.45, 7) is 0. The van der Waals surface area contributed by atoms with E-state index in [1.165, 1.54) is 6.07 Å². The van der Waals surface area contributed by atoms with E-state index in [-0.39, 0.29) is 5.56 Å². The Labute approximate surface area is 118 Å². The summed E-state index contributed by atoms with van der Waals surface area (Å²) in [6, 6.07) is 14.5. The largest absolute Gasteiger partial charge is 0.206 e. The van der Waals surface area contributed by atoms with E-state index in [0.29, 0.717) is 0 Å². The number of benzene rings is 2. The number of hydrogen-bond donors (Lipinski definition) is 0. The predicted molar refractivity (Wildman–Crippen MR) is 74.8 cm³/mol. The molecule has 0 aliphatic carbocycles. The maximum absolute atomic E-state index is 13.1. The zero-order chi connectivity index (χ0) is 13.0. The fourth-order valence-electron chi connectivity index (χ4n) is 1.45. The SMILES string of the molecule is N#Cc1cc(CSc2ccc(Br)cc2)ccc1F. The van der Waals surface area contributed by atoms with Crippen molar-refractivity contribution in [3.63, 3.8) is 0 Å². The molecule has 0 aliphatic heterocycles. The molecule has 0 unspecified atom stereocenters. The van der Waals surface area contributed by atoms with Crippen LogP contribution in [0.3, 0.4) is 0 Å². The Bertz CT molecular complexity index is 590. The highest BCUT2D eigenvalue weighted by Gasteiger charge is 2.03. The molecule has 0 atom stereocenters. The lowest BCUT2D eigenvalue weighted by Gasteiger charge is -2.03. The maximum Gasteiger partial charge on any atom is 0.140 e. The highest BCUT2D eigenvalue weighted by molar-refractivity contribution is 9.10. The van der Waals surface area contributed by atoms with Crippen LogP contribution in [-0.4, -0.2) is 0 Å². The second-order valence-electron chi connectivity index (χ2n) is 3.67. The van der Waals surface area contributed by atoms with Crippen LogP contribution >= 0.6 is 27.7 Å². The van der Waals surface area contributed by atoms with Gasteiger partial charge in [0.05, 0.1) is 5.56 Å². The van der Waals surface area contributed by atoms with Gasteiger partial charge in [0.2, 0.25) is 0 Å². The maximum atomic E-state index is 13.1. The highest BCUT2D eigenvalue weighted by Crippen LogP contribution is 2.25. The molecule has 0 heterocycles. The zero-order valence-electron chi connectivity index (χ0n) is 9.36. The van der Waals surface area contributed by atoms with Crippen molar-refractivity contribution in [1.82, 2.24) is 0 Å². The predicted octanol–water partition coefficient (Wildman–Crippen LogP) is 4.75. The standard InChI is InChI=1S/C14H9BrFNS/c15-12-2-4-13(5-3-12)18-9-10-1-6-14(16)11(7-10)8-17/h1-7H,9H2. The van der Waals surface area contributed by atoms with Crippen LogP contribution in [0.2, 0.25) is 0 Å². The van der Waals surface area contributed by atoms with Crippen LogP contribution in [0.25, 0.3) is 0 Å². The Kier molecular flexibility index (Phi) is 4.40. The zero-order valence-corrected chi connectivity index (χ0v) is 11.8. The molecular weight excluding hydrogens is 313 g/mol. The van der Waals surface area contributed by atoms with E-state index in [2.05, 4.69) is 15.9 Å². The quantitative estimate of drug-likeness (QED) is 0.761. The smallest absolute Gasteiger partial charge is 0.140 e. The highest BCUT2D eigenvalue weighted by atomic mass is 79.9. The van der Waals surface area contributed by atoms with Gasteiger partial charge in [-0.05, 0) is 42.0 Å². The minimum atomic E-state index is -0.463. The van der Waals surface area contributed by atoms with E-state index in [0.717, 1.165) is 20.7 Å². The molecule has 18 heavy (non-hydrogen) atoms. The lowest BCUT2D eigenvalue weighted by Crippen LogP contribution is -1.87. The van der Waals surface area contributed by atoms with Gasteiger partial charge in [0, 0.05) is 15.1 Å². The van der Waals surface area contributed by atoms with Gasteiger partial charge in [0.25, 0.3) is 0 Å². The first-order valence-electron chi connectivity index (χ1n) is 5.26. The average Bonchev–Trinajstić information content (AvgIpc) is 2.39. The van der Waals surface area contributed by atoms with Crippen LogP contribution in [0.15, 0.2) is 51.8 Å². The van der Waals surface area contributed by atoms with Crippen LogP contribution in [0, 0.1) is 17.1 Å². The van der Waals surface area contributed by atoms with E-state index >= 15 is 0 Å². The van der Waals surface area contributed by atoms with Crippen LogP contribution in [0.5, 0.6) is 0 Å². The third-order valence-electron chi connectivity index (χ3n) is 2.37. The second-order valence-corrected chi connectivity index (χ2v) is 5.63. The molecule has 2 rings (SSSR count). The monoisotopic (exact) mass is 321 g/mol. The Morgan fingerprint density at radius 3 is 2.56 bits per heavy atom. The summed E-state index contributed by atoms with van der Waals surface area (Å²) in [6.07, 6.45) is 0. The normalized spacial score (nSPS) is 10.1. The Morgan fingerprint density at radius 1 is 1.17 bits per heavy atom. The summed E-state index contributed by atoms with van der Waals surface area (Å²) in [5, 5.41) is 8.76. The molecule has 4 heteroatoms. The summed E-state index contributed by atoms with van der Waals surface area (Å²) in [5.74, 6) is 0.256. The van der Waals surface area contributed by atoms with Crippen molar-refractivity contribution in [1.29, 1.82) is 5.26 Å². The summed E-state index contributed by atoms with van der Waals surface area (Å²) in [4.78, 5) is 1.14. The van der Waals surface area contributed by atoms with Gasteiger partial charge in [0.15, 0.2) is 0 Å². The Morgan fingerprint density at radius 2 is 1.89 bits per heavy atom. The average molecular weight is 322 g/mol. The summed E-state index contributed by atoms with van der Waals surface area (Å²) in [7, 11) is 0. The number of nitriles is 1. The molecule has 2 aromatic carbocycles. The van der Waals surface area contributed by atoms with Crippen molar-refractivity contribution in [2.75, 3.05) is 0 Å². The number of hydrogen-bond acceptors (Lipinski definition) is 2. The molecule has 0 amide bonds. The molecule has 90 valence electrons. The van der Waals surface area contributed by atoms with Crippen molar-refractivity contribution >= 4 is 27.7 Å². The number of halogens is 2. The molecule has 0 saturated carbocycles. The molecule has 0 N–H and O–H groups in total. The minimum Gasteiger partial charge on any atom is -0.206 e. The van der Waals surface area contributed by atoms with E-state index < -0.39 is 5.82 Å². The van der Waals surface area contributed by atoms with Gasteiger partial charge < -0.3 is 0 Å². The molecule has 0 aliphatic rings. The number of rotatable bonds is 3. The number of thioether (sulfide) groups is 1. The van der Waals surface area contributed by atoms with E-state index in [1.807, 2.05) is 30.3 Å². The molecule has 0 spiro atoms. The molecule has 0 aromatic heterocycles. The number of nitrogens with zero attached hydrogens (tertiary/aromatic N) is 1. The molecular formula is C14H9BrFNS. The van der Waals surface area contributed by atoms with Gasteiger partial charge in [-0.25, -0.2) is 4.39 Å². The molecule has 0 radical (unpaired) electrons. The van der Waals surface area contributed by atoms with Crippen LogP contribution < -0.4 is 0 Å². The van der Waals surface area contributed by atoms with Crippen molar-refractivity contribution in [3.8, 4) is 6.07 Å². The topological polar surface area (TPSA) is 23.8 Å². The van der Waals surface area contributed by atoms with Crippen molar-refractivity contribution in [3.05, 3.63) is 63.9 Å². The molecule has 0 fully saturated rings. The molecule has 0 saturated heterocycles. The summed E-state index contributed by atoms with van der Waals surface area (Å²) < 4.78 is 14.2. The lowest BCUT2D eigenvalue weighted by atomic mass is 10.1. The van der Waals surface area contributed by atoms with Gasteiger partial charge in [0.1, 0.15) is 11.9 Å². The molecule has 1 nitrogen and oxygen atoms in total. The lowest BCUT2D eigenvalue weighted by molar-refractivity contribution is 0.623. The van der Waals surface area contributed by atoms with Crippen molar-refractivity contribution in [2.45, 2.75) is 10.6 Å². The Hall–Kier alpha value is -1.31. The summed E-state index contributed by atoms with van der Waals surface area (Å²) >= 11 is 5.04. The van der Waals surface area contributed by atoms with Gasteiger partial charge in [-0.15, -0.1) is 11.8 Å². The third kappa shape index (κ3) is 3.34. The van der Waals surface area contributed by atoms with Gasteiger partial charge >= 0.3 is 0 Å². The van der Waals surface area contributed by atoms with E-state index in [9.17, 15) is 4.39 Å². The first-order valence-corrected chi connectivity index (χ1v) is 7.04. The Balaban J connectivity index is 2.06. The van der Waals surface area contributed by atoms with Crippen LogP contribution in [0.4, 0.5) is 4.39 Å². The third-order valence-corrected chi connectivity index (χ3v) is 3.98. The van der Waals surface area contributed by atoms with E-state index in [1.54, 1.807) is 23.9 Å². The fourth-order valence-corrected chi connectivity index (χ4v) is 2.55. The van der Waals surface area contributed by atoms with Crippen LogP contribution in [0.1, 0.15) is 11.1 Å².